The maximum absolute atomic E-state index is 12.8. The number of nitrogens with one attached hydrogen (secondary N) is 3. The molecule has 2 aromatic carbocycles. The first-order valence-corrected chi connectivity index (χ1v) is 15.6. The standard InChI is InChI=1S/C32H38N10O3/c1-20-26-27(21-9-14-24(43)25(19-21)45-2)34-32(44)35-28(26)42(39-20)23-12-10-22(11-13-23)33-29-36-30(40-15-5-3-6-16-40)38-31(37-29)41-17-7-4-8-18-41/h9-14,19,27,43H,3-8,15-18H2,1-2H3,(H2,34,35,44)(H,33,36,37,38). The summed E-state index contributed by atoms with van der Waals surface area (Å²) in [6, 6.07) is 12.0. The molecule has 4 N–H and O–H groups in total. The molecular formula is C32H38N10O3. The Labute approximate surface area is 261 Å². The van der Waals surface area contributed by atoms with Crippen molar-refractivity contribution in [2.24, 2.45) is 0 Å². The summed E-state index contributed by atoms with van der Waals surface area (Å²) in [4.78, 5) is 31.8. The lowest BCUT2D eigenvalue weighted by atomic mass is 9.96. The number of hydrogen-bond acceptors (Lipinski definition) is 10. The minimum atomic E-state index is -0.468. The van der Waals surface area contributed by atoms with Crippen molar-refractivity contribution in [2.75, 3.05) is 53.7 Å². The van der Waals surface area contributed by atoms with E-state index in [9.17, 15) is 9.90 Å². The number of fused-ring (bicyclic) bond motifs is 1. The van der Waals surface area contributed by atoms with E-state index in [0.29, 0.717) is 17.5 Å². The number of benzene rings is 2. The molecule has 7 rings (SSSR count). The Bertz CT molecular complexity index is 1660. The second kappa shape index (κ2) is 12.1. The number of piperidine rings is 2. The number of anilines is 5. The van der Waals surface area contributed by atoms with Crippen LogP contribution in [0.5, 0.6) is 11.5 Å². The SMILES string of the molecule is COc1cc(C2NC(=O)Nc3c2c(C)nn3-c2ccc(Nc3nc(N4CCCCC4)nc(N4CCCCC4)n3)cc2)ccc1O. The molecule has 2 aromatic heterocycles. The number of nitrogens with zero attached hydrogens (tertiary/aromatic N) is 7. The lowest BCUT2D eigenvalue weighted by Gasteiger charge is -2.30. The summed E-state index contributed by atoms with van der Waals surface area (Å²) in [7, 11) is 1.50. The Kier molecular flexibility index (Phi) is 7.74. The van der Waals surface area contributed by atoms with Crippen LogP contribution in [0, 0.1) is 6.92 Å². The maximum Gasteiger partial charge on any atom is 0.321 e. The van der Waals surface area contributed by atoms with E-state index < -0.39 is 6.04 Å². The molecule has 4 aromatic rings. The van der Waals surface area contributed by atoms with Gasteiger partial charge in [-0.3, -0.25) is 5.32 Å². The fraction of sp³-hybridized carbons (Fsp3) is 0.406. The molecule has 5 heterocycles. The number of rotatable bonds is 7. The van der Waals surface area contributed by atoms with Gasteiger partial charge in [0.15, 0.2) is 11.5 Å². The van der Waals surface area contributed by atoms with E-state index in [4.69, 9.17) is 24.8 Å². The average Bonchev–Trinajstić information content (AvgIpc) is 3.41. The van der Waals surface area contributed by atoms with Gasteiger partial charge in [0, 0.05) is 37.4 Å². The highest BCUT2D eigenvalue weighted by molar-refractivity contribution is 5.93. The van der Waals surface area contributed by atoms with E-state index in [2.05, 4.69) is 25.8 Å². The van der Waals surface area contributed by atoms with Crippen molar-refractivity contribution in [3.05, 3.63) is 59.3 Å². The molecule has 3 aliphatic rings. The second-order valence-electron chi connectivity index (χ2n) is 11.7. The lowest BCUT2D eigenvalue weighted by Crippen LogP contribution is -2.38. The van der Waals surface area contributed by atoms with Gasteiger partial charge >= 0.3 is 6.03 Å². The fourth-order valence-corrected chi connectivity index (χ4v) is 6.36. The van der Waals surface area contributed by atoms with Crippen LogP contribution >= 0.6 is 0 Å². The van der Waals surface area contributed by atoms with Gasteiger partial charge in [0.05, 0.1) is 24.5 Å². The summed E-state index contributed by atoms with van der Waals surface area (Å²) >= 11 is 0. The molecule has 0 aliphatic carbocycles. The Hall–Kier alpha value is -5.07. The quantitative estimate of drug-likeness (QED) is 0.225. The number of urea groups is 1. The minimum Gasteiger partial charge on any atom is -0.504 e. The van der Waals surface area contributed by atoms with Gasteiger partial charge in [0.2, 0.25) is 17.8 Å². The molecule has 0 saturated carbocycles. The number of amides is 2. The van der Waals surface area contributed by atoms with Crippen LogP contribution in [0.4, 0.5) is 34.1 Å². The molecule has 1 atom stereocenters. The lowest BCUT2D eigenvalue weighted by molar-refractivity contribution is 0.248. The number of aromatic nitrogens is 5. The van der Waals surface area contributed by atoms with E-state index in [0.717, 1.165) is 92.0 Å². The summed E-state index contributed by atoms with van der Waals surface area (Å²) in [6.45, 7) is 5.74. The first kappa shape index (κ1) is 28.7. The number of aryl methyl sites for hydroxylation is 1. The predicted molar refractivity (Wildman–Crippen MR) is 172 cm³/mol. The van der Waals surface area contributed by atoms with Crippen molar-refractivity contribution in [3.63, 3.8) is 0 Å². The molecule has 13 heteroatoms. The molecular weight excluding hydrogens is 572 g/mol. The molecule has 0 bridgehead atoms. The highest BCUT2D eigenvalue weighted by Gasteiger charge is 2.32. The Morgan fingerprint density at radius 3 is 2.16 bits per heavy atom. The molecule has 2 fully saturated rings. The monoisotopic (exact) mass is 610 g/mol. The van der Waals surface area contributed by atoms with E-state index in [1.165, 1.54) is 20.0 Å². The number of phenolic OH excluding ortho intramolecular Hbond substituents is 1. The Morgan fingerprint density at radius 2 is 1.53 bits per heavy atom. The van der Waals surface area contributed by atoms with E-state index >= 15 is 0 Å². The highest BCUT2D eigenvalue weighted by atomic mass is 16.5. The molecule has 234 valence electrons. The van der Waals surface area contributed by atoms with Crippen LogP contribution in [0.1, 0.15) is 61.4 Å². The van der Waals surface area contributed by atoms with Gasteiger partial charge in [-0.1, -0.05) is 6.07 Å². The van der Waals surface area contributed by atoms with Gasteiger partial charge in [-0.05, 0) is 87.4 Å². The number of hydrogen-bond donors (Lipinski definition) is 4. The van der Waals surface area contributed by atoms with E-state index in [1.807, 2.05) is 31.2 Å². The van der Waals surface area contributed by atoms with E-state index in [1.54, 1.807) is 22.9 Å². The Balaban J connectivity index is 1.17. The molecule has 2 amide bonds. The molecule has 13 nitrogen and oxygen atoms in total. The summed E-state index contributed by atoms with van der Waals surface area (Å²) in [5.74, 6) is 2.94. The van der Waals surface area contributed by atoms with Crippen LogP contribution in [0.3, 0.4) is 0 Å². The van der Waals surface area contributed by atoms with Crippen LogP contribution in [-0.2, 0) is 0 Å². The molecule has 1 unspecified atom stereocenters. The number of aromatic hydroxyl groups is 1. The summed E-state index contributed by atoms with van der Waals surface area (Å²) in [5.41, 5.74) is 3.99. The molecule has 0 spiro atoms. The normalized spacial score (nSPS) is 18.2. The van der Waals surface area contributed by atoms with Crippen LogP contribution in [0.2, 0.25) is 0 Å². The van der Waals surface area contributed by atoms with Gasteiger partial charge in [-0.15, -0.1) is 0 Å². The van der Waals surface area contributed by atoms with Gasteiger partial charge in [0.1, 0.15) is 5.82 Å². The highest BCUT2D eigenvalue weighted by Crippen LogP contribution is 2.38. The largest absolute Gasteiger partial charge is 0.504 e. The summed E-state index contributed by atoms with van der Waals surface area (Å²) in [5, 5.41) is 24.2. The van der Waals surface area contributed by atoms with Gasteiger partial charge in [-0.2, -0.15) is 20.1 Å². The molecule has 2 saturated heterocycles. The zero-order chi connectivity index (χ0) is 30.9. The second-order valence-corrected chi connectivity index (χ2v) is 11.7. The number of methoxy groups -OCH3 is 1. The van der Waals surface area contributed by atoms with Gasteiger partial charge in [-0.25, -0.2) is 9.48 Å². The third kappa shape index (κ3) is 5.77. The maximum atomic E-state index is 12.8. The van der Waals surface area contributed by atoms with Crippen LogP contribution < -0.4 is 30.5 Å². The zero-order valence-corrected chi connectivity index (χ0v) is 25.6. The van der Waals surface area contributed by atoms with Crippen molar-refractivity contribution in [2.45, 2.75) is 51.5 Å². The van der Waals surface area contributed by atoms with Gasteiger partial charge < -0.3 is 30.3 Å². The third-order valence-electron chi connectivity index (χ3n) is 8.70. The molecule has 3 aliphatic heterocycles. The first-order chi connectivity index (χ1) is 22.0. The first-order valence-electron chi connectivity index (χ1n) is 15.6. The summed E-state index contributed by atoms with van der Waals surface area (Å²) < 4.78 is 7.04. The number of ether oxygens (including phenoxy) is 1. The fourth-order valence-electron chi connectivity index (χ4n) is 6.36. The smallest absolute Gasteiger partial charge is 0.321 e. The van der Waals surface area contributed by atoms with Crippen LogP contribution in [0.15, 0.2) is 42.5 Å². The number of carbonyl (C=O) groups excluding carboxylic acids is 1. The topological polar surface area (TPSA) is 146 Å². The van der Waals surface area contributed by atoms with Crippen molar-refractivity contribution < 1.29 is 14.6 Å². The number of carbonyl (C=O) groups is 1. The van der Waals surface area contributed by atoms with Crippen LogP contribution in [0.25, 0.3) is 5.69 Å². The van der Waals surface area contributed by atoms with Gasteiger partial charge in [0.25, 0.3) is 0 Å². The Morgan fingerprint density at radius 1 is 0.889 bits per heavy atom. The molecule has 45 heavy (non-hydrogen) atoms. The minimum absolute atomic E-state index is 0.0328. The van der Waals surface area contributed by atoms with E-state index in [-0.39, 0.29) is 11.8 Å². The third-order valence-corrected chi connectivity index (χ3v) is 8.70. The van der Waals surface area contributed by atoms with Crippen LogP contribution in [-0.4, -0.2) is 69.2 Å². The zero-order valence-electron chi connectivity index (χ0n) is 25.6. The summed E-state index contributed by atoms with van der Waals surface area (Å²) in [6.07, 6.45) is 7.06. The predicted octanol–water partition coefficient (Wildman–Crippen LogP) is 5.03. The number of phenols is 1. The van der Waals surface area contributed by atoms with Crippen molar-refractivity contribution in [3.8, 4) is 17.2 Å². The van der Waals surface area contributed by atoms with Crippen molar-refractivity contribution >= 4 is 35.4 Å². The van der Waals surface area contributed by atoms with Crippen molar-refractivity contribution in [1.82, 2.24) is 30.0 Å². The van der Waals surface area contributed by atoms with Crippen molar-refractivity contribution in [1.29, 1.82) is 0 Å². The average molecular weight is 611 g/mol. The molecule has 0 radical (unpaired) electrons.